The van der Waals surface area contributed by atoms with Crippen molar-refractivity contribution >= 4 is 23.6 Å². The molecule has 150 valence electrons. The fraction of sp³-hybridized carbons (Fsp3) is 0.571. The number of ether oxygens (including phenoxy) is 1. The maximum Gasteiger partial charge on any atom is 0.410 e. The zero-order chi connectivity index (χ0) is 19.7. The number of carbonyl (C=O) groups excluding carboxylic acids is 3. The second-order valence-corrected chi connectivity index (χ2v) is 7.88. The first kappa shape index (κ1) is 18.8. The lowest BCUT2D eigenvalue weighted by molar-refractivity contribution is -0.134. The van der Waals surface area contributed by atoms with Gasteiger partial charge >= 0.3 is 6.09 Å². The first-order chi connectivity index (χ1) is 13.5. The molecule has 0 aromatic heterocycles. The van der Waals surface area contributed by atoms with E-state index >= 15 is 0 Å². The Morgan fingerprint density at radius 3 is 2.50 bits per heavy atom. The lowest BCUT2D eigenvalue weighted by Gasteiger charge is -2.35. The number of amides is 3. The van der Waals surface area contributed by atoms with Crippen molar-refractivity contribution in [2.75, 3.05) is 31.1 Å². The Bertz CT molecular complexity index is 773. The SMILES string of the molecule is CC1CN(C2CCN(C(=O)CCC(=O)N3CCc4ccccc43)CC2)C(=O)O1. The van der Waals surface area contributed by atoms with Crippen LogP contribution in [-0.2, 0) is 20.7 Å². The van der Waals surface area contributed by atoms with E-state index in [0.717, 1.165) is 24.9 Å². The lowest BCUT2D eigenvalue weighted by Crippen LogP contribution is -2.47. The molecule has 7 nitrogen and oxygen atoms in total. The Labute approximate surface area is 165 Å². The zero-order valence-electron chi connectivity index (χ0n) is 16.3. The number of piperidine rings is 1. The van der Waals surface area contributed by atoms with E-state index in [1.165, 1.54) is 5.56 Å². The van der Waals surface area contributed by atoms with Gasteiger partial charge in [0, 0.05) is 44.2 Å². The summed E-state index contributed by atoms with van der Waals surface area (Å²) in [5.41, 5.74) is 2.17. The van der Waals surface area contributed by atoms with Gasteiger partial charge in [-0.05, 0) is 37.8 Å². The highest BCUT2D eigenvalue weighted by molar-refractivity contribution is 5.97. The molecule has 3 heterocycles. The molecule has 3 aliphatic rings. The fourth-order valence-corrected chi connectivity index (χ4v) is 4.46. The number of nitrogens with zero attached hydrogens (tertiary/aromatic N) is 3. The second-order valence-electron chi connectivity index (χ2n) is 7.88. The summed E-state index contributed by atoms with van der Waals surface area (Å²) in [6, 6.07) is 8.09. The molecule has 28 heavy (non-hydrogen) atoms. The van der Waals surface area contributed by atoms with E-state index in [1.54, 1.807) is 9.80 Å². The highest BCUT2D eigenvalue weighted by atomic mass is 16.6. The van der Waals surface area contributed by atoms with Gasteiger partial charge in [-0.3, -0.25) is 9.59 Å². The third kappa shape index (κ3) is 3.70. The molecular formula is C21H27N3O4. The van der Waals surface area contributed by atoms with Crippen LogP contribution < -0.4 is 4.90 Å². The smallest absolute Gasteiger partial charge is 0.410 e. The topological polar surface area (TPSA) is 70.2 Å². The van der Waals surface area contributed by atoms with Gasteiger partial charge in [0.25, 0.3) is 0 Å². The van der Waals surface area contributed by atoms with Crippen molar-refractivity contribution in [3.8, 4) is 0 Å². The van der Waals surface area contributed by atoms with Crippen molar-refractivity contribution in [3.05, 3.63) is 29.8 Å². The Morgan fingerprint density at radius 2 is 1.79 bits per heavy atom. The van der Waals surface area contributed by atoms with Gasteiger partial charge < -0.3 is 19.4 Å². The van der Waals surface area contributed by atoms with Gasteiger partial charge in [0.2, 0.25) is 11.8 Å². The summed E-state index contributed by atoms with van der Waals surface area (Å²) >= 11 is 0. The van der Waals surface area contributed by atoms with Crippen LogP contribution in [0.4, 0.5) is 10.5 Å². The molecule has 2 saturated heterocycles. The molecule has 7 heteroatoms. The summed E-state index contributed by atoms with van der Waals surface area (Å²) in [7, 11) is 0. The summed E-state index contributed by atoms with van der Waals surface area (Å²) in [4.78, 5) is 42.4. The van der Waals surface area contributed by atoms with Crippen molar-refractivity contribution in [3.63, 3.8) is 0 Å². The van der Waals surface area contributed by atoms with Crippen LogP contribution in [0.25, 0.3) is 0 Å². The summed E-state index contributed by atoms with van der Waals surface area (Å²) < 4.78 is 5.20. The summed E-state index contributed by atoms with van der Waals surface area (Å²) in [5, 5.41) is 0. The van der Waals surface area contributed by atoms with Crippen LogP contribution in [0.2, 0.25) is 0 Å². The minimum atomic E-state index is -0.242. The number of cyclic esters (lactones) is 1. The molecule has 1 atom stereocenters. The van der Waals surface area contributed by atoms with Gasteiger partial charge in [-0.1, -0.05) is 18.2 Å². The summed E-state index contributed by atoms with van der Waals surface area (Å²) in [6.07, 6.45) is 2.58. The predicted octanol–water partition coefficient (Wildman–Crippen LogP) is 2.19. The van der Waals surface area contributed by atoms with Gasteiger partial charge in [0.1, 0.15) is 6.10 Å². The molecule has 1 unspecified atom stereocenters. The number of anilines is 1. The second kappa shape index (κ2) is 7.81. The Hall–Kier alpha value is -2.57. The molecule has 0 radical (unpaired) electrons. The molecular weight excluding hydrogens is 358 g/mol. The van der Waals surface area contributed by atoms with E-state index in [2.05, 4.69) is 6.07 Å². The number of hydrogen-bond acceptors (Lipinski definition) is 4. The first-order valence-corrected chi connectivity index (χ1v) is 10.2. The molecule has 1 aromatic rings. The summed E-state index contributed by atoms with van der Waals surface area (Å²) in [6.45, 7) is 4.47. The summed E-state index contributed by atoms with van der Waals surface area (Å²) in [5.74, 6) is 0.0404. The van der Waals surface area contributed by atoms with Crippen LogP contribution in [0.3, 0.4) is 0 Å². The van der Waals surface area contributed by atoms with Crippen LogP contribution >= 0.6 is 0 Å². The van der Waals surface area contributed by atoms with E-state index in [-0.39, 0.29) is 42.9 Å². The van der Waals surface area contributed by atoms with Crippen LogP contribution in [0.5, 0.6) is 0 Å². The molecule has 3 amide bonds. The minimum absolute atomic E-state index is 0.0157. The maximum atomic E-state index is 12.6. The van der Waals surface area contributed by atoms with Crippen molar-refractivity contribution in [2.24, 2.45) is 0 Å². The van der Waals surface area contributed by atoms with Crippen molar-refractivity contribution in [1.29, 1.82) is 0 Å². The third-order valence-electron chi connectivity index (χ3n) is 5.99. The monoisotopic (exact) mass is 385 g/mol. The van der Waals surface area contributed by atoms with Crippen LogP contribution in [0.1, 0.15) is 38.2 Å². The largest absolute Gasteiger partial charge is 0.444 e. The third-order valence-corrected chi connectivity index (χ3v) is 5.99. The molecule has 0 aliphatic carbocycles. The molecule has 2 fully saturated rings. The Kier molecular flexibility index (Phi) is 5.24. The fourth-order valence-electron chi connectivity index (χ4n) is 4.46. The van der Waals surface area contributed by atoms with Gasteiger partial charge in [-0.2, -0.15) is 0 Å². The lowest BCUT2D eigenvalue weighted by atomic mass is 10.0. The van der Waals surface area contributed by atoms with Gasteiger partial charge in [0.05, 0.1) is 6.54 Å². The zero-order valence-corrected chi connectivity index (χ0v) is 16.3. The van der Waals surface area contributed by atoms with Crippen LogP contribution in [0, 0.1) is 0 Å². The van der Waals surface area contributed by atoms with Crippen molar-refractivity contribution in [2.45, 2.75) is 51.2 Å². The quantitative estimate of drug-likeness (QED) is 0.797. The molecule has 3 aliphatic heterocycles. The highest BCUT2D eigenvalue weighted by Crippen LogP contribution is 2.28. The highest BCUT2D eigenvalue weighted by Gasteiger charge is 2.36. The van der Waals surface area contributed by atoms with Gasteiger partial charge in [-0.15, -0.1) is 0 Å². The van der Waals surface area contributed by atoms with E-state index < -0.39 is 0 Å². The molecule has 0 bridgehead atoms. The first-order valence-electron chi connectivity index (χ1n) is 10.2. The minimum Gasteiger partial charge on any atom is -0.444 e. The molecule has 0 N–H and O–H groups in total. The number of carbonyl (C=O) groups is 3. The van der Waals surface area contributed by atoms with E-state index in [4.69, 9.17) is 4.74 Å². The number of hydrogen-bond donors (Lipinski definition) is 0. The standard InChI is InChI=1S/C21H27N3O4/c1-15-14-24(21(27)28-15)17-9-11-22(12-10-17)19(25)6-7-20(26)23-13-8-16-4-2-3-5-18(16)23/h2-5,15,17H,6-14H2,1H3. The van der Waals surface area contributed by atoms with E-state index in [9.17, 15) is 14.4 Å². The van der Waals surface area contributed by atoms with Crippen molar-refractivity contribution in [1.82, 2.24) is 9.80 Å². The maximum absolute atomic E-state index is 12.6. The predicted molar refractivity (Wildman–Crippen MR) is 104 cm³/mol. The average Bonchev–Trinajstić information content (AvgIpc) is 3.28. The number of fused-ring (bicyclic) bond motifs is 1. The van der Waals surface area contributed by atoms with Crippen LogP contribution in [-0.4, -0.2) is 66.0 Å². The number of benzene rings is 1. The van der Waals surface area contributed by atoms with E-state index in [1.807, 2.05) is 30.0 Å². The van der Waals surface area contributed by atoms with Crippen LogP contribution in [0.15, 0.2) is 24.3 Å². The molecule has 4 rings (SSSR count). The van der Waals surface area contributed by atoms with E-state index in [0.29, 0.717) is 26.2 Å². The van der Waals surface area contributed by atoms with Gasteiger partial charge in [-0.25, -0.2) is 4.79 Å². The normalized spacial score (nSPS) is 22.4. The molecule has 1 aromatic carbocycles. The Morgan fingerprint density at radius 1 is 1.07 bits per heavy atom. The molecule has 0 spiro atoms. The number of likely N-dealkylation sites (tertiary alicyclic amines) is 1. The molecule has 0 saturated carbocycles. The number of rotatable bonds is 4. The Balaban J connectivity index is 1.24. The average molecular weight is 385 g/mol. The van der Waals surface area contributed by atoms with Gasteiger partial charge in [0.15, 0.2) is 0 Å². The number of para-hydroxylation sites is 1. The van der Waals surface area contributed by atoms with Crippen molar-refractivity contribution < 1.29 is 19.1 Å².